The van der Waals surface area contributed by atoms with E-state index in [4.69, 9.17) is 4.74 Å². The highest BCUT2D eigenvalue weighted by Gasteiger charge is 2.47. The fourth-order valence-corrected chi connectivity index (χ4v) is 3.92. The van der Waals surface area contributed by atoms with Gasteiger partial charge in [-0.05, 0) is 18.6 Å². The van der Waals surface area contributed by atoms with Crippen LogP contribution in [-0.2, 0) is 4.74 Å². The molecule has 3 aliphatic rings. The number of quaternary nitrogens is 1. The number of ether oxygens (including phenoxy) is 1. The second-order valence-corrected chi connectivity index (χ2v) is 6.34. The Morgan fingerprint density at radius 1 is 1.25 bits per heavy atom. The third-order valence-electron chi connectivity index (χ3n) is 5.01. The van der Waals surface area contributed by atoms with Crippen LogP contribution in [0.3, 0.4) is 0 Å². The minimum absolute atomic E-state index is 0.122. The van der Waals surface area contributed by atoms with Gasteiger partial charge in [0.25, 0.3) is 0 Å². The van der Waals surface area contributed by atoms with Gasteiger partial charge in [-0.25, -0.2) is 4.79 Å². The molecule has 1 atom stereocenters. The monoisotopic (exact) mass is 274 g/mol. The summed E-state index contributed by atoms with van der Waals surface area (Å²) in [6.45, 7) is 7.05. The number of rotatable bonds is 4. The molecule has 0 aromatic heterocycles. The first-order valence-electron chi connectivity index (χ1n) is 7.83. The molecule has 0 saturated carbocycles. The van der Waals surface area contributed by atoms with Gasteiger partial charge in [0.15, 0.2) is 6.10 Å². The molecule has 20 heavy (non-hydrogen) atoms. The van der Waals surface area contributed by atoms with Crippen LogP contribution in [0.2, 0.25) is 0 Å². The Bertz CT molecular complexity index is 458. The quantitative estimate of drug-likeness (QED) is 0.623. The molecular weight excluding hydrogens is 250 g/mol. The number of piperidine rings is 3. The summed E-state index contributed by atoms with van der Waals surface area (Å²) in [5.74, 6) is 0.429. The van der Waals surface area contributed by atoms with Crippen molar-refractivity contribution in [1.29, 1.82) is 0 Å². The van der Waals surface area contributed by atoms with E-state index < -0.39 is 0 Å². The molecule has 3 fully saturated rings. The lowest BCUT2D eigenvalue weighted by atomic mass is 9.83. The van der Waals surface area contributed by atoms with Crippen LogP contribution in [0, 0.1) is 5.92 Å². The van der Waals surface area contributed by atoms with Crippen LogP contribution in [0.15, 0.2) is 30.3 Å². The zero-order valence-electron chi connectivity index (χ0n) is 12.3. The smallest absolute Gasteiger partial charge is 0.338 e. The summed E-state index contributed by atoms with van der Waals surface area (Å²) in [5.41, 5.74) is 0.672. The molecule has 1 aromatic rings. The number of benzene rings is 1. The van der Waals surface area contributed by atoms with Crippen LogP contribution in [0.25, 0.3) is 0 Å². The van der Waals surface area contributed by atoms with Crippen LogP contribution in [0.5, 0.6) is 0 Å². The molecule has 0 spiro atoms. The molecule has 3 heterocycles. The van der Waals surface area contributed by atoms with Crippen molar-refractivity contribution in [3.8, 4) is 0 Å². The van der Waals surface area contributed by atoms with Crippen molar-refractivity contribution >= 4 is 5.97 Å². The highest BCUT2D eigenvalue weighted by atomic mass is 16.5. The lowest BCUT2D eigenvalue weighted by Crippen LogP contribution is -2.64. The number of nitrogens with zero attached hydrogens (tertiary/aromatic N) is 1. The number of fused-ring (bicyclic) bond motifs is 3. The van der Waals surface area contributed by atoms with Gasteiger partial charge in [0.2, 0.25) is 0 Å². The van der Waals surface area contributed by atoms with E-state index in [0.717, 1.165) is 6.54 Å². The van der Waals surface area contributed by atoms with E-state index in [1.165, 1.54) is 43.4 Å². The first-order valence-corrected chi connectivity index (χ1v) is 7.83. The molecule has 0 radical (unpaired) electrons. The van der Waals surface area contributed by atoms with Crippen LogP contribution >= 0.6 is 0 Å². The van der Waals surface area contributed by atoms with Gasteiger partial charge in [-0.2, -0.15) is 0 Å². The first kappa shape index (κ1) is 13.6. The highest BCUT2D eigenvalue weighted by molar-refractivity contribution is 5.89. The molecule has 3 heteroatoms. The van der Waals surface area contributed by atoms with E-state index in [9.17, 15) is 4.79 Å². The Morgan fingerprint density at radius 3 is 2.60 bits per heavy atom. The van der Waals surface area contributed by atoms with Gasteiger partial charge in [-0.3, -0.25) is 0 Å². The minimum atomic E-state index is -0.154. The fraction of sp³-hybridized carbons (Fsp3) is 0.588. The molecule has 3 aliphatic heterocycles. The molecule has 0 aliphatic carbocycles. The molecule has 3 saturated heterocycles. The number of carbonyl (C=O) groups is 1. The van der Waals surface area contributed by atoms with Crippen molar-refractivity contribution < 1.29 is 14.0 Å². The van der Waals surface area contributed by atoms with Gasteiger partial charge in [0.1, 0.15) is 6.54 Å². The van der Waals surface area contributed by atoms with Crippen molar-refractivity contribution in [2.24, 2.45) is 5.92 Å². The molecule has 0 amide bonds. The first-order chi connectivity index (χ1) is 9.72. The summed E-state index contributed by atoms with van der Waals surface area (Å²) in [7, 11) is 0. The lowest BCUT2D eigenvalue weighted by molar-refractivity contribution is -0.946. The lowest BCUT2D eigenvalue weighted by Gasteiger charge is -2.52. The van der Waals surface area contributed by atoms with E-state index >= 15 is 0 Å². The maximum atomic E-state index is 12.2. The Balaban J connectivity index is 1.68. The van der Waals surface area contributed by atoms with Crippen molar-refractivity contribution in [2.45, 2.75) is 32.3 Å². The summed E-state index contributed by atoms with van der Waals surface area (Å²) >= 11 is 0. The molecule has 2 bridgehead atoms. The zero-order chi connectivity index (χ0) is 14.0. The van der Waals surface area contributed by atoms with Gasteiger partial charge in [0.05, 0.1) is 25.2 Å². The Kier molecular flexibility index (Phi) is 3.79. The molecule has 0 N–H and O–H groups in total. The summed E-state index contributed by atoms with van der Waals surface area (Å²) in [6.07, 6.45) is 3.76. The van der Waals surface area contributed by atoms with E-state index in [1.807, 2.05) is 30.3 Å². The van der Waals surface area contributed by atoms with Gasteiger partial charge in [0, 0.05) is 18.8 Å². The molecular formula is C17H24NO2+. The van der Waals surface area contributed by atoms with Crippen LogP contribution in [0.4, 0.5) is 0 Å². The van der Waals surface area contributed by atoms with Gasteiger partial charge in [-0.1, -0.05) is 25.1 Å². The Hall–Kier alpha value is -1.35. The van der Waals surface area contributed by atoms with E-state index in [-0.39, 0.29) is 12.1 Å². The predicted octanol–water partition coefficient (Wildman–Crippen LogP) is 2.86. The normalized spacial score (nSPS) is 32.0. The molecule has 3 nitrogen and oxygen atoms in total. The molecule has 0 unspecified atom stereocenters. The van der Waals surface area contributed by atoms with Gasteiger partial charge < -0.3 is 9.22 Å². The van der Waals surface area contributed by atoms with Gasteiger partial charge >= 0.3 is 5.97 Å². The minimum Gasteiger partial charge on any atom is -0.452 e. The van der Waals surface area contributed by atoms with E-state index in [2.05, 4.69) is 6.92 Å². The van der Waals surface area contributed by atoms with E-state index in [1.54, 1.807) is 0 Å². The highest BCUT2D eigenvalue weighted by Crippen LogP contribution is 2.36. The third kappa shape index (κ3) is 2.59. The predicted molar refractivity (Wildman–Crippen MR) is 78.4 cm³/mol. The van der Waals surface area contributed by atoms with Crippen molar-refractivity contribution in [1.82, 2.24) is 0 Å². The largest absolute Gasteiger partial charge is 0.452 e. The summed E-state index contributed by atoms with van der Waals surface area (Å²) in [4.78, 5) is 12.2. The fourth-order valence-electron chi connectivity index (χ4n) is 3.92. The maximum Gasteiger partial charge on any atom is 0.338 e. The number of hydrogen-bond donors (Lipinski definition) is 0. The number of hydrogen-bond acceptors (Lipinski definition) is 2. The van der Waals surface area contributed by atoms with Crippen molar-refractivity contribution in [2.75, 3.05) is 26.2 Å². The Labute approximate surface area is 121 Å². The summed E-state index contributed by atoms with van der Waals surface area (Å²) in [5, 5.41) is 0. The van der Waals surface area contributed by atoms with E-state index in [0.29, 0.717) is 11.5 Å². The SMILES string of the molecule is CCC[N+]12CCC(CC1)[C@@H](OC(=O)c1ccccc1)C2. The van der Waals surface area contributed by atoms with Crippen LogP contribution in [0.1, 0.15) is 36.5 Å². The number of carbonyl (C=O) groups excluding carboxylic acids is 1. The van der Waals surface area contributed by atoms with Crippen molar-refractivity contribution in [3.63, 3.8) is 0 Å². The van der Waals surface area contributed by atoms with Gasteiger partial charge in [-0.15, -0.1) is 0 Å². The van der Waals surface area contributed by atoms with Crippen LogP contribution in [-0.4, -0.2) is 42.7 Å². The maximum absolute atomic E-state index is 12.2. The topological polar surface area (TPSA) is 26.3 Å². The molecule has 4 rings (SSSR count). The van der Waals surface area contributed by atoms with Crippen molar-refractivity contribution in [3.05, 3.63) is 35.9 Å². The summed E-state index contributed by atoms with van der Waals surface area (Å²) in [6, 6.07) is 9.36. The average molecular weight is 274 g/mol. The van der Waals surface area contributed by atoms with Crippen LogP contribution < -0.4 is 0 Å². The summed E-state index contributed by atoms with van der Waals surface area (Å²) < 4.78 is 6.99. The second-order valence-electron chi connectivity index (χ2n) is 6.34. The Morgan fingerprint density at radius 2 is 1.95 bits per heavy atom. The second kappa shape index (κ2) is 5.57. The average Bonchev–Trinajstić information content (AvgIpc) is 2.49. The number of esters is 1. The third-order valence-corrected chi connectivity index (χ3v) is 5.01. The molecule has 1 aromatic carbocycles. The molecule has 108 valence electrons. The standard InChI is InChI=1S/C17H24NO2/c1-2-10-18-11-8-14(9-12-18)16(13-18)20-17(19)15-6-4-3-5-7-15/h3-7,14,16H,2,8-13H2,1H3/q+1/t14?,16-,18?/m0/s1. The zero-order valence-corrected chi connectivity index (χ0v) is 12.3.